The van der Waals surface area contributed by atoms with E-state index < -0.39 is 0 Å². The lowest BCUT2D eigenvalue weighted by Gasteiger charge is -2.12. The van der Waals surface area contributed by atoms with Gasteiger partial charge in [0.1, 0.15) is 17.5 Å². The van der Waals surface area contributed by atoms with Crippen LogP contribution < -0.4 is 16.6 Å². The Morgan fingerprint density at radius 1 is 0.857 bits per heavy atom. The molecule has 4 N–H and O–H groups in total. The van der Waals surface area contributed by atoms with E-state index in [1.54, 1.807) is 0 Å². The van der Waals surface area contributed by atoms with Gasteiger partial charge in [-0.05, 0) is 20.3 Å². The fraction of sp³-hybridized carbons (Fsp3) is 0.750. The molecular formula is C16H31N5. The minimum absolute atomic E-state index is 0.695. The summed E-state index contributed by atoms with van der Waals surface area (Å²) in [6, 6.07) is 0. The van der Waals surface area contributed by atoms with Gasteiger partial charge in [-0.1, -0.05) is 51.9 Å². The van der Waals surface area contributed by atoms with Gasteiger partial charge in [0.2, 0.25) is 0 Å². The fourth-order valence-electron chi connectivity index (χ4n) is 2.41. The smallest absolute Gasteiger partial charge is 0.148 e. The van der Waals surface area contributed by atoms with Gasteiger partial charge >= 0.3 is 0 Å². The maximum Gasteiger partial charge on any atom is 0.148 e. The third-order valence-corrected chi connectivity index (χ3v) is 3.72. The molecule has 5 nitrogen and oxygen atoms in total. The third kappa shape index (κ3) is 6.76. The van der Waals surface area contributed by atoms with Crippen molar-refractivity contribution in [3.63, 3.8) is 0 Å². The lowest BCUT2D eigenvalue weighted by molar-refractivity contribution is 0.581. The van der Waals surface area contributed by atoms with Crippen LogP contribution in [-0.4, -0.2) is 16.5 Å². The summed E-state index contributed by atoms with van der Waals surface area (Å²) in [6.07, 6.45) is 10.6. The van der Waals surface area contributed by atoms with Crippen molar-refractivity contribution in [1.29, 1.82) is 0 Å². The first kappa shape index (κ1) is 17.7. The van der Waals surface area contributed by atoms with Crippen molar-refractivity contribution >= 4 is 11.6 Å². The minimum atomic E-state index is 0.695. The minimum Gasteiger partial charge on any atom is -0.370 e. The van der Waals surface area contributed by atoms with E-state index in [4.69, 9.17) is 5.84 Å². The molecule has 0 radical (unpaired) electrons. The summed E-state index contributed by atoms with van der Waals surface area (Å²) >= 11 is 0. The first-order valence-electron chi connectivity index (χ1n) is 8.24. The molecule has 1 heterocycles. The van der Waals surface area contributed by atoms with Crippen molar-refractivity contribution in [2.75, 3.05) is 17.3 Å². The number of anilines is 2. The monoisotopic (exact) mass is 293 g/mol. The van der Waals surface area contributed by atoms with Gasteiger partial charge in [0.15, 0.2) is 0 Å². The van der Waals surface area contributed by atoms with Crippen molar-refractivity contribution in [2.45, 2.75) is 72.1 Å². The van der Waals surface area contributed by atoms with Crippen molar-refractivity contribution in [1.82, 2.24) is 9.97 Å². The van der Waals surface area contributed by atoms with Gasteiger partial charge < -0.3 is 10.7 Å². The highest BCUT2D eigenvalue weighted by Gasteiger charge is 2.07. The lowest BCUT2D eigenvalue weighted by atomic mass is 10.1. The molecule has 5 heteroatoms. The van der Waals surface area contributed by atoms with Crippen LogP contribution in [0.4, 0.5) is 11.6 Å². The second-order valence-corrected chi connectivity index (χ2v) is 5.64. The van der Waals surface area contributed by atoms with Crippen LogP contribution in [0.1, 0.15) is 69.7 Å². The molecule has 0 aliphatic heterocycles. The highest BCUT2D eigenvalue weighted by Crippen LogP contribution is 2.19. The van der Waals surface area contributed by atoms with Crippen LogP contribution in [0, 0.1) is 13.8 Å². The van der Waals surface area contributed by atoms with Gasteiger partial charge in [-0.2, -0.15) is 0 Å². The van der Waals surface area contributed by atoms with E-state index in [2.05, 4.69) is 27.6 Å². The number of nitrogens with zero attached hydrogens (tertiary/aromatic N) is 2. The van der Waals surface area contributed by atoms with Crippen LogP contribution in [0.2, 0.25) is 0 Å². The molecule has 1 aromatic rings. The molecule has 0 spiro atoms. The van der Waals surface area contributed by atoms with Crippen molar-refractivity contribution < 1.29 is 0 Å². The molecule has 0 saturated carbocycles. The molecule has 1 rings (SSSR count). The SMILES string of the molecule is CCCCCCCCCCNc1nc(C)nc(NN)c1C. The molecule has 120 valence electrons. The molecule has 0 unspecified atom stereocenters. The Hall–Kier alpha value is -1.36. The molecule has 0 bridgehead atoms. The van der Waals surface area contributed by atoms with Gasteiger partial charge in [0.05, 0.1) is 0 Å². The number of hydrogen-bond acceptors (Lipinski definition) is 5. The van der Waals surface area contributed by atoms with Gasteiger partial charge in [0.25, 0.3) is 0 Å². The topological polar surface area (TPSA) is 75.9 Å². The van der Waals surface area contributed by atoms with Gasteiger partial charge in [-0.15, -0.1) is 0 Å². The van der Waals surface area contributed by atoms with Crippen LogP contribution >= 0.6 is 0 Å². The first-order valence-corrected chi connectivity index (χ1v) is 8.24. The summed E-state index contributed by atoms with van der Waals surface area (Å²) in [5.41, 5.74) is 3.60. The number of hydrazine groups is 1. The standard InChI is InChI=1S/C16H31N5/c1-4-5-6-7-8-9-10-11-12-18-15-13(2)16(21-17)20-14(3)19-15/h4-12,17H2,1-3H3,(H2,18,19,20,21). The molecular weight excluding hydrogens is 262 g/mol. The zero-order valence-corrected chi connectivity index (χ0v) is 13.8. The van der Waals surface area contributed by atoms with E-state index in [1.807, 2.05) is 13.8 Å². The van der Waals surface area contributed by atoms with E-state index in [0.717, 1.165) is 23.8 Å². The van der Waals surface area contributed by atoms with Crippen molar-refractivity contribution in [2.24, 2.45) is 5.84 Å². The number of nitrogens with two attached hydrogens (primary N) is 1. The molecule has 1 aromatic heterocycles. The molecule has 0 saturated heterocycles. The average Bonchev–Trinajstić information content (AvgIpc) is 2.48. The summed E-state index contributed by atoms with van der Waals surface area (Å²) in [5.74, 6) is 7.78. The first-order chi connectivity index (χ1) is 10.2. The zero-order chi connectivity index (χ0) is 15.5. The predicted molar refractivity (Wildman–Crippen MR) is 90.4 cm³/mol. The second kappa shape index (κ2) is 10.4. The summed E-state index contributed by atoms with van der Waals surface area (Å²) in [5, 5.41) is 3.39. The van der Waals surface area contributed by atoms with Crippen LogP contribution in [0.25, 0.3) is 0 Å². The number of aromatic nitrogens is 2. The number of hydrogen-bond donors (Lipinski definition) is 3. The summed E-state index contributed by atoms with van der Waals surface area (Å²) in [4.78, 5) is 8.69. The van der Waals surface area contributed by atoms with Gasteiger partial charge in [-0.25, -0.2) is 15.8 Å². The van der Waals surface area contributed by atoms with Crippen LogP contribution in [0.15, 0.2) is 0 Å². The number of nitrogens with one attached hydrogen (secondary N) is 2. The number of unbranched alkanes of at least 4 members (excludes halogenated alkanes) is 7. The molecule has 0 aromatic carbocycles. The van der Waals surface area contributed by atoms with E-state index in [1.165, 1.54) is 51.4 Å². The molecule has 21 heavy (non-hydrogen) atoms. The number of aryl methyl sites for hydroxylation is 1. The van der Waals surface area contributed by atoms with Gasteiger partial charge in [-0.3, -0.25) is 0 Å². The highest BCUT2D eigenvalue weighted by atomic mass is 15.3. The van der Waals surface area contributed by atoms with Crippen LogP contribution in [0.5, 0.6) is 0 Å². The molecule has 0 fully saturated rings. The Bertz CT molecular complexity index is 406. The Kier molecular flexibility index (Phi) is 8.74. The summed E-state index contributed by atoms with van der Waals surface area (Å²) in [7, 11) is 0. The molecule has 0 amide bonds. The maximum atomic E-state index is 5.46. The summed E-state index contributed by atoms with van der Waals surface area (Å²) in [6.45, 7) is 7.07. The van der Waals surface area contributed by atoms with E-state index >= 15 is 0 Å². The molecule has 0 aliphatic carbocycles. The Labute approximate surface area is 129 Å². The number of nitrogen functional groups attached to an aromatic ring is 1. The van der Waals surface area contributed by atoms with E-state index in [9.17, 15) is 0 Å². The van der Waals surface area contributed by atoms with Crippen molar-refractivity contribution in [3.8, 4) is 0 Å². The molecule has 0 atom stereocenters. The maximum absolute atomic E-state index is 5.46. The second-order valence-electron chi connectivity index (χ2n) is 5.64. The Morgan fingerprint density at radius 2 is 1.43 bits per heavy atom. The van der Waals surface area contributed by atoms with Crippen molar-refractivity contribution in [3.05, 3.63) is 11.4 Å². The third-order valence-electron chi connectivity index (χ3n) is 3.72. The number of rotatable bonds is 11. The average molecular weight is 293 g/mol. The van der Waals surface area contributed by atoms with Crippen LogP contribution in [-0.2, 0) is 0 Å². The normalized spacial score (nSPS) is 10.7. The lowest BCUT2D eigenvalue weighted by Crippen LogP contribution is -2.14. The fourth-order valence-corrected chi connectivity index (χ4v) is 2.41. The van der Waals surface area contributed by atoms with Crippen LogP contribution in [0.3, 0.4) is 0 Å². The van der Waals surface area contributed by atoms with E-state index in [-0.39, 0.29) is 0 Å². The Balaban J connectivity index is 2.20. The van der Waals surface area contributed by atoms with Gasteiger partial charge in [0, 0.05) is 12.1 Å². The predicted octanol–water partition coefficient (Wildman–Crippen LogP) is 3.93. The largest absolute Gasteiger partial charge is 0.370 e. The highest BCUT2D eigenvalue weighted by molar-refractivity contribution is 5.56. The molecule has 0 aliphatic rings. The zero-order valence-electron chi connectivity index (χ0n) is 13.8. The summed E-state index contributed by atoms with van der Waals surface area (Å²) < 4.78 is 0. The van der Waals surface area contributed by atoms with E-state index in [0.29, 0.717) is 5.82 Å². The Morgan fingerprint density at radius 3 is 2.05 bits per heavy atom. The quantitative estimate of drug-likeness (QED) is 0.327.